The molecule has 7 heteroatoms. The first kappa shape index (κ1) is 17.3. The number of ether oxygens (including phenoxy) is 1. The van der Waals surface area contributed by atoms with Crippen molar-refractivity contribution in [2.75, 3.05) is 0 Å². The fraction of sp³-hybridized carbons (Fsp3) is 0.158. The monoisotopic (exact) mass is 350 g/mol. The topological polar surface area (TPSA) is 100 Å². The maximum absolute atomic E-state index is 12.5. The largest absolute Gasteiger partial charge is 0.449 e. The Balaban J connectivity index is 1.95. The Bertz CT molecular complexity index is 907. The Morgan fingerprint density at radius 1 is 1.19 bits per heavy atom. The van der Waals surface area contributed by atoms with Crippen LogP contribution in [0.3, 0.4) is 0 Å². The normalized spacial score (nSPS) is 11.7. The lowest BCUT2D eigenvalue weighted by molar-refractivity contribution is -0.125. The van der Waals surface area contributed by atoms with Crippen LogP contribution >= 0.6 is 0 Å². The third-order valence-electron chi connectivity index (χ3n) is 3.79. The maximum atomic E-state index is 12.5. The Labute approximate surface area is 150 Å². The van der Waals surface area contributed by atoms with Gasteiger partial charge in [-0.1, -0.05) is 30.3 Å². The number of pyridine rings is 1. The van der Waals surface area contributed by atoms with Crippen LogP contribution in [0.1, 0.15) is 22.8 Å². The van der Waals surface area contributed by atoms with Gasteiger partial charge in [-0.15, -0.1) is 0 Å². The van der Waals surface area contributed by atoms with Gasteiger partial charge in [0.2, 0.25) is 0 Å². The fourth-order valence-electron chi connectivity index (χ4n) is 2.42. The maximum Gasteiger partial charge on any atom is 0.342 e. The summed E-state index contributed by atoms with van der Waals surface area (Å²) < 4.78 is 6.79. The average Bonchev–Trinajstić information content (AvgIpc) is 3.07. The van der Waals surface area contributed by atoms with Crippen molar-refractivity contribution in [2.24, 2.45) is 5.73 Å². The molecule has 0 saturated carbocycles. The van der Waals surface area contributed by atoms with Gasteiger partial charge in [-0.05, 0) is 24.6 Å². The molecule has 0 fully saturated rings. The van der Waals surface area contributed by atoms with Crippen molar-refractivity contribution < 1.29 is 14.3 Å². The summed E-state index contributed by atoms with van der Waals surface area (Å²) in [5.74, 6) is -1.37. The molecule has 1 aromatic carbocycles. The molecule has 0 aliphatic carbocycles. The lowest BCUT2D eigenvalue weighted by atomic mass is 10.1. The van der Waals surface area contributed by atoms with E-state index < -0.39 is 18.0 Å². The highest BCUT2D eigenvalue weighted by Crippen LogP contribution is 2.23. The second-order valence-corrected chi connectivity index (χ2v) is 5.77. The summed E-state index contributed by atoms with van der Waals surface area (Å²) in [7, 11) is 0. The number of hydrogen-bond acceptors (Lipinski definition) is 5. The highest BCUT2D eigenvalue weighted by molar-refractivity contribution is 5.97. The molecular formula is C19H18N4O3. The third kappa shape index (κ3) is 3.94. The summed E-state index contributed by atoms with van der Waals surface area (Å²) in [6.07, 6.45) is 3.83. The molecule has 0 spiro atoms. The van der Waals surface area contributed by atoms with Crippen molar-refractivity contribution in [2.45, 2.75) is 19.6 Å². The van der Waals surface area contributed by atoms with E-state index in [-0.39, 0.29) is 5.56 Å². The Kier molecular flexibility index (Phi) is 5.07. The van der Waals surface area contributed by atoms with Crippen LogP contribution in [0.25, 0.3) is 11.3 Å². The van der Waals surface area contributed by atoms with Crippen molar-refractivity contribution >= 4 is 11.9 Å². The van der Waals surface area contributed by atoms with E-state index in [2.05, 4.69) is 10.1 Å². The molecule has 0 aliphatic rings. The van der Waals surface area contributed by atoms with E-state index in [4.69, 9.17) is 10.5 Å². The van der Waals surface area contributed by atoms with Crippen molar-refractivity contribution in [1.82, 2.24) is 14.8 Å². The van der Waals surface area contributed by atoms with Gasteiger partial charge in [0, 0.05) is 24.2 Å². The molecule has 132 valence electrons. The Morgan fingerprint density at radius 2 is 1.96 bits per heavy atom. The third-order valence-corrected chi connectivity index (χ3v) is 3.79. The number of nitrogens with two attached hydrogens (primary N) is 1. The molecule has 0 unspecified atom stereocenters. The van der Waals surface area contributed by atoms with Crippen LogP contribution in [-0.2, 0) is 16.1 Å². The lowest BCUT2D eigenvalue weighted by Crippen LogP contribution is -2.30. The summed E-state index contributed by atoms with van der Waals surface area (Å²) >= 11 is 0. The van der Waals surface area contributed by atoms with Crippen LogP contribution in [0.4, 0.5) is 0 Å². The smallest absolute Gasteiger partial charge is 0.342 e. The van der Waals surface area contributed by atoms with Crippen LogP contribution in [-0.4, -0.2) is 32.7 Å². The molecule has 2 N–H and O–H groups in total. The van der Waals surface area contributed by atoms with Gasteiger partial charge >= 0.3 is 5.97 Å². The number of amides is 1. The number of benzene rings is 1. The Morgan fingerprint density at radius 3 is 2.62 bits per heavy atom. The van der Waals surface area contributed by atoms with Crippen LogP contribution in [0.2, 0.25) is 0 Å². The molecule has 3 aromatic rings. The summed E-state index contributed by atoms with van der Waals surface area (Å²) in [6, 6.07) is 13.3. The van der Waals surface area contributed by atoms with Gasteiger partial charge in [0.15, 0.2) is 6.10 Å². The summed E-state index contributed by atoms with van der Waals surface area (Å²) in [5, 5.41) is 4.51. The van der Waals surface area contributed by atoms with Gasteiger partial charge in [0.25, 0.3) is 5.91 Å². The number of hydrogen-bond donors (Lipinski definition) is 1. The molecule has 1 amide bonds. The molecule has 0 aliphatic heterocycles. The van der Waals surface area contributed by atoms with Gasteiger partial charge in [-0.25, -0.2) is 4.79 Å². The van der Waals surface area contributed by atoms with Gasteiger partial charge in [0.1, 0.15) is 11.3 Å². The van der Waals surface area contributed by atoms with Crippen LogP contribution in [0, 0.1) is 0 Å². The molecule has 2 aromatic heterocycles. The minimum Gasteiger partial charge on any atom is -0.449 e. The zero-order valence-electron chi connectivity index (χ0n) is 14.2. The van der Waals surface area contributed by atoms with Gasteiger partial charge < -0.3 is 10.5 Å². The predicted octanol–water partition coefficient (Wildman–Crippen LogP) is 2.02. The number of carbonyl (C=O) groups excluding carboxylic acids is 2. The van der Waals surface area contributed by atoms with Crippen LogP contribution < -0.4 is 5.73 Å². The fourth-order valence-corrected chi connectivity index (χ4v) is 2.42. The zero-order valence-corrected chi connectivity index (χ0v) is 14.2. The molecule has 7 nitrogen and oxygen atoms in total. The zero-order chi connectivity index (χ0) is 18.5. The van der Waals surface area contributed by atoms with Crippen molar-refractivity contribution in [3.05, 3.63) is 72.2 Å². The van der Waals surface area contributed by atoms with E-state index in [0.29, 0.717) is 17.8 Å². The number of rotatable bonds is 6. The second kappa shape index (κ2) is 7.60. The lowest BCUT2D eigenvalue weighted by Gasteiger charge is -2.09. The Hall–Kier alpha value is -3.48. The first-order valence-corrected chi connectivity index (χ1v) is 8.06. The molecule has 1 atom stereocenters. The van der Waals surface area contributed by atoms with Crippen LogP contribution in [0.5, 0.6) is 0 Å². The summed E-state index contributed by atoms with van der Waals surface area (Å²) in [4.78, 5) is 27.8. The first-order chi connectivity index (χ1) is 12.5. The summed E-state index contributed by atoms with van der Waals surface area (Å²) in [6.45, 7) is 1.92. The molecular weight excluding hydrogens is 332 g/mol. The van der Waals surface area contributed by atoms with E-state index in [1.165, 1.54) is 6.92 Å². The minimum absolute atomic E-state index is 0.252. The van der Waals surface area contributed by atoms with E-state index in [1.54, 1.807) is 35.4 Å². The number of primary amides is 1. The molecule has 0 bridgehead atoms. The number of aromatic nitrogens is 3. The first-order valence-electron chi connectivity index (χ1n) is 8.06. The van der Waals surface area contributed by atoms with E-state index in [9.17, 15) is 9.59 Å². The molecule has 0 radical (unpaired) electrons. The van der Waals surface area contributed by atoms with Gasteiger partial charge in [-0.2, -0.15) is 5.10 Å². The van der Waals surface area contributed by atoms with Gasteiger partial charge in [0.05, 0.1) is 6.54 Å². The average molecular weight is 350 g/mol. The molecule has 26 heavy (non-hydrogen) atoms. The van der Waals surface area contributed by atoms with Crippen molar-refractivity contribution in [1.29, 1.82) is 0 Å². The SMILES string of the molecule is C[C@H](OC(=O)c1cn(Cc2ccccc2)nc1-c1cccnc1)C(N)=O. The van der Waals surface area contributed by atoms with E-state index in [1.807, 2.05) is 30.3 Å². The second-order valence-electron chi connectivity index (χ2n) is 5.77. The highest BCUT2D eigenvalue weighted by atomic mass is 16.5. The minimum atomic E-state index is -1.03. The van der Waals surface area contributed by atoms with E-state index in [0.717, 1.165) is 5.56 Å². The quantitative estimate of drug-likeness (QED) is 0.686. The van der Waals surface area contributed by atoms with E-state index >= 15 is 0 Å². The van der Waals surface area contributed by atoms with Gasteiger partial charge in [-0.3, -0.25) is 14.5 Å². The number of esters is 1. The van der Waals surface area contributed by atoms with Crippen molar-refractivity contribution in [3.63, 3.8) is 0 Å². The standard InChI is InChI=1S/C19H18N4O3/c1-13(18(20)24)26-19(25)16-12-23(11-14-6-3-2-4-7-14)22-17(16)15-8-5-9-21-10-15/h2-10,12-13H,11H2,1H3,(H2,20,24)/t13-/m0/s1. The molecule has 0 saturated heterocycles. The highest BCUT2D eigenvalue weighted by Gasteiger charge is 2.23. The van der Waals surface area contributed by atoms with Crippen LogP contribution in [0.15, 0.2) is 61.1 Å². The molecule has 3 rings (SSSR count). The number of carbonyl (C=O) groups is 2. The number of nitrogens with zero attached hydrogens (tertiary/aromatic N) is 3. The molecule has 2 heterocycles. The van der Waals surface area contributed by atoms with Crippen molar-refractivity contribution in [3.8, 4) is 11.3 Å². The summed E-state index contributed by atoms with van der Waals surface area (Å²) in [5.41, 5.74) is 7.58. The predicted molar refractivity (Wildman–Crippen MR) is 95.1 cm³/mol.